The molecule has 1 amide bonds. The molecular formula is C15H20N4O. The van der Waals surface area contributed by atoms with E-state index >= 15 is 0 Å². The molecule has 1 aromatic carbocycles. The number of nitrogens with zero attached hydrogens (tertiary/aromatic N) is 3. The molecule has 1 aromatic heterocycles. The van der Waals surface area contributed by atoms with Crippen LogP contribution in [0, 0.1) is 0 Å². The van der Waals surface area contributed by atoms with E-state index in [4.69, 9.17) is 0 Å². The highest BCUT2D eigenvalue weighted by Crippen LogP contribution is 2.20. The molecule has 0 radical (unpaired) electrons. The molecule has 0 aliphatic carbocycles. The highest BCUT2D eigenvalue weighted by Gasteiger charge is 2.28. The van der Waals surface area contributed by atoms with E-state index in [0.717, 1.165) is 24.0 Å². The number of hydrogen-bond acceptors (Lipinski definition) is 3. The number of para-hydroxylation sites is 1. The molecule has 2 unspecified atom stereocenters. The first-order valence-electron chi connectivity index (χ1n) is 7.03. The summed E-state index contributed by atoms with van der Waals surface area (Å²) in [5.41, 5.74) is 1.55. The number of aromatic nitrogens is 2. The molecule has 106 valence electrons. The summed E-state index contributed by atoms with van der Waals surface area (Å²) in [5.74, 6) is 0.0296. The van der Waals surface area contributed by atoms with Gasteiger partial charge in [-0.2, -0.15) is 5.10 Å². The molecule has 2 heterocycles. The zero-order valence-corrected chi connectivity index (χ0v) is 12.1. The molecule has 5 nitrogen and oxygen atoms in total. The summed E-state index contributed by atoms with van der Waals surface area (Å²) in [7, 11) is 1.88. The molecule has 1 fully saturated rings. The number of carbonyl (C=O) groups excluding carboxylic acids is 1. The van der Waals surface area contributed by atoms with Gasteiger partial charge in [0.15, 0.2) is 5.69 Å². The van der Waals surface area contributed by atoms with Crippen LogP contribution in [0.15, 0.2) is 24.3 Å². The first-order chi connectivity index (χ1) is 9.56. The van der Waals surface area contributed by atoms with Crippen LogP contribution in [0.1, 0.15) is 24.3 Å². The number of hydrogen-bond donors (Lipinski definition) is 1. The predicted molar refractivity (Wildman–Crippen MR) is 78.7 cm³/mol. The summed E-state index contributed by atoms with van der Waals surface area (Å²) in [5, 5.41) is 8.79. The first-order valence-corrected chi connectivity index (χ1v) is 7.03. The maximum absolute atomic E-state index is 12.7. The number of aryl methyl sites for hydroxylation is 1. The monoisotopic (exact) mass is 272 g/mol. The average molecular weight is 272 g/mol. The second-order valence-corrected chi connectivity index (χ2v) is 5.67. The van der Waals surface area contributed by atoms with Gasteiger partial charge in [-0.1, -0.05) is 18.2 Å². The predicted octanol–water partition coefficient (Wildman–Crippen LogP) is 1.40. The third-order valence-electron chi connectivity index (χ3n) is 3.81. The fourth-order valence-electron chi connectivity index (χ4n) is 3.01. The van der Waals surface area contributed by atoms with Gasteiger partial charge in [0.1, 0.15) is 0 Å². The van der Waals surface area contributed by atoms with Gasteiger partial charge in [0.05, 0.1) is 5.52 Å². The van der Waals surface area contributed by atoms with Crippen molar-refractivity contribution < 1.29 is 4.79 Å². The van der Waals surface area contributed by atoms with E-state index in [1.54, 1.807) is 4.68 Å². The second kappa shape index (κ2) is 4.90. The summed E-state index contributed by atoms with van der Waals surface area (Å²) in [4.78, 5) is 14.6. The van der Waals surface area contributed by atoms with Gasteiger partial charge in [-0.05, 0) is 19.9 Å². The van der Waals surface area contributed by atoms with Gasteiger partial charge in [0.2, 0.25) is 0 Å². The Labute approximate surface area is 118 Å². The number of carbonyl (C=O) groups is 1. The molecule has 2 aromatic rings. The number of rotatable bonds is 1. The Morgan fingerprint density at radius 2 is 1.90 bits per heavy atom. The quantitative estimate of drug-likeness (QED) is 0.853. The Balaban J connectivity index is 1.96. The molecule has 0 bridgehead atoms. The molecule has 0 spiro atoms. The van der Waals surface area contributed by atoms with Crippen LogP contribution in [0.25, 0.3) is 10.9 Å². The lowest BCUT2D eigenvalue weighted by Crippen LogP contribution is -2.55. The summed E-state index contributed by atoms with van der Waals surface area (Å²) in [6.07, 6.45) is 0. The minimum Gasteiger partial charge on any atom is -0.334 e. The lowest BCUT2D eigenvalue weighted by atomic mass is 10.1. The van der Waals surface area contributed by atoms with Crippen molar-refractivity contribution in [3.8, 4) is 0 Å². The van der Waals surface area contributed by atoms with E-state index in [0.29, 0.717) is 17.8 Å². The van der Waals surface area contributed by atoms with Crippen molar-refractivity contribution in [2.24, 2.45) is 7.05 Å². The Kier molecular flexibility index (Phi) is 3.22. The molecule has 5 heteroatoms. The summed E-state index contributed by atoms with van der Waals surface area (Å²) in [6.45, 7) is 5.67. The van der Waals surface area contributed by atoms with E-state index < -0.39 is 0 Å². The summed E-state index contributed by atoms with van der Waals surface area (Å²) >= 11 is 0. The number of fused-ring (bicyclic) bond motifs is 1. The zero-order chi connectivity index (χ0) is 14.3. The second-order valence-electron chi connectivity index (χ2n) is 5.67. The van der Waals surface area contributed by atoms with Crippen LogP contribution in [-0.4, -0.2) is 45.8 Å². The van der Waals surface area contributed by atoms with Crippen molar-refractivity contribution in [2.75, 3.05) is 13.1 Å². The molecule has 1 saturated heterocycles. The van der Waals surface area contributed by atoms with Crippen molar-refractivity contribution in [3.05, 3.63) is 30.0 Å². The topological polar surface area (TPSA) is 50.2 Å². The Morgan fingerprint density at radius 3 is 2.60 bits per heavy atom. The minimum absolute atomic E-state index is 0.0296. The number of nitrogens with one attached hydrogen (secondary N) is 1. The smallest absolute Gasteiger partial charge is 0.275 e. The van der Waals surface area contributed by atoms with Gasteiger partial charge < -0.3 is 10.2 Å². The SMILES string of the molecule is CC1CN(C(=O)c2nn(C)c3ccccc23)CC(C)N1. The first kappa shape index (κ1) is 13.1. The number of amides is 1. The van der Waals surface area contributed by atoms with Crippen molar-refractivity contribution in [2.45, 2.75) is 25.9 Å². The van der Waals surface area contributed by atoms with Gasteiger partial charge in [-0.15, -0.1) is 0 Å². The Bertz CT molecular complexity index is 638. The van der Waals surface area contributed by atoms with Crippen LogP contribution in [0.3, 0.4) is 0 Å². The third kappa shape index (κ3) is 2.18. The van der Waals surface area contributed by atoms with Crippen molar-refractivity contribution in [3.63, 3.8) is 0 Å². The van der Waals surface area contributed by atoms with E-state index in [1.165, 1.54) is 0 Å². The lowest BCUT2D eigenvalue weighted by Gasteiger charge is -2.35. The lowest BCUT2D eigenvalue weighted by molar-refractivity contribution is 0.0669. The maximum Gasteiger partial charge on any atom is 0.275 e. The zero-order valence-electron chi connectivity index (χ0n) is 12.1. The molecule has 1 aliphatic rings. The van der Waals surface area contributed by atoms with E-state index in [-0.39, 0.29) is 5.91 Å². The van der Waals surface area contributed by atoms with Crippen LogP contribution in [0.2, 0.25) is 0 Å². The van der Waals surface area contributed by atoms with E-state index in [1.807, 2.05) is 36.2 Å². The Morgan fingerprint density at radius 1 is 1.25 bits per heavy atom. The normalized spacial score (nSPS) is 23.2. The molecule has 3 rings (SSSR count). The molecule has 2 atom stereocenters. The number of benzene rings is 1. The van der Waals surface area contributed by atoms with Crippen molar-refractivity contribution in [1.82, 2.24) is 20.0 Å². The highest BCUT2D eigenvalue weighted by atomic mass is 16.2. The highest BCUT2D eigenvalue weighted by molar-refractivity contribution is 6.04. The minimum atomic E-state index is 0.0296. The number of piperazine rings is 1. The molecule has 0 saturated carbocycles. The van der Waals surface area contributed by atoms with Crippen LogP contribution in [0.5, 0.6) is 0 Å². The summed E-state index contributed by atoms with van der Waals surface area (Å²) in [6, 6.07) is 8.50. The molecular weight excluding hydrogens is 252 g/mol. The van der Waals surface area contributed by atoms with Crippen LogP contribution in [-0.2, 0) is 7.05 Å². The fraction of sp³-hybridized carbons (Fsp3) is 0.467. The standard InChI is InChI=1S/C15H20N4O/c1-10-8-19(9-11(2)16-10)15(20)14-12-6-4-5-7-13(12)18(3)17-14/h4-7,10-11,16H,8-9H2,1-3H3. The third-order valence-corrected chi connectivity index (χ3v) is 3.81. The van der Waals surface area contributed by atoms with Gasteiger partial charge in [-0.25, -0.2) is 0 Å². The largest absolute Gasteiger partial charge is 0.334 e. The van der Waals surface area contributed by atoms with Crippen LogP contribution in [0.4, 0.5) is 0 Å². The molecule has 1 N–H and O–H groups in total. The van der Waals surface area contributed by atoms with Gasteiger partial charge >= 0.3 is 0 Å². The van der Waals surface area contributed by atoms with Gasteiger partial charge in [0.25, 0.3) is 5.91 Å². The van der Waals surface area contributed by atoms with Crippen molar-refractivity contribution >= 4 is 16.8 Å². The van der Waals surface area contributed by atoms with E-state index in [2.05, 4.69) is 24.3 Å². The average Bonchev–Trinajstić information content (AvgIpc) is 2.75. The van der Waals surface area contributed by atoms with Gasteiger partial charge in [0, 0.05) is 37.6 Å². The van der Waals surface area contributed by atoms with Gasteiger partial charge in [-0.3, -0.25) is 9.48 Å². The maximum atomic E-state index is 12.7. The molecule has 20 heavy (non-hydrogen) atoms. The van der Waals surface area contributed by atoms with Crippen LogP contribution >= 0.6 is 0 Å². The Hall–Kier alpha value is -1.88. The van der Waals surface area contributed by atoms with Crippen LogP contribution < -0.4 is 5.32 Å². The van der Waals surface area contributed by atoms with E-state index in [9.17, 15) is 4.79 Å². The molecule has 1 aliphatic heterocycles. The fourth-order valence-corrected chi connectivity index (χ4v) is 3.01. The summed E-state index contributed by atoms with van der Waals surface area (Å²) < 4.78 is 1.78. The van der Waals surface area contributed by atoms with Crippen molar-refractivity contribution in [1.29, 1.82) is 0 Å².